The predicted octanol–water partition coefficient (Wildman–Crippen LogP) is 4.20. The van der Waals surface area contributed by atoms with Crippen LogP contribution in [-0.4, -0.2) is 5.91 Å². The third-order valence-electron chi connectivity index (χ3n) is 3.10. The summed E-state index contributed by atoms with van der Waals surface area (Å²) >= 11 is 0. The summed E-state index contributed by atoms with van der Waals surface area (Å²) in [4.78, 5) is 12.0. The molecule has 0 heterocycles. The van der Waals surface area contributed by atoms with Gasteiger partial charge in [0.15, 0.2) is 0 Å². The summed E-state index contributed by atoms with van der Waals surface area (Å²) in [6.07, 6.45) is -4.46. The van der Waals surface area contributed by atoms with E-state index in [2.05, 4.69) is 5.32 Å². The standard InChI is InChI=1S/C16H14F3NO/c1-11(12-6-3-2-4-7-12)20-15(21)13-8-5-9-14(10-13)16(17,18)19/h2-11H,1H3,(H,20,21)/t11-/m0/s1. The van der Waals surface area contributed by atoms with E-state index < -0.39 is 17.6 Å². The van der Waals surface area contributed by atoms with Gasteiger partial charge in [-0.3, -0.25) is 4.79 Å². The monoisotopic (exact) mass is 293 g/mol. The molecule has 2 aromatic rings. The molecular formula is C16H14F3NO. The van der Waals surface area contributed by atoms with Crippen LogP contribution in [0.3, 0.4) is 0 Å². The van der Waals surface area contributed by atoms with Crippen molar-refractivity contribution in [2.24, 2.45) is 0 Å². The molecule has 5 heteroatoms. The molecule has 1 amide bonds. The molecule has 0 unspecified atom stereocenters. The van der Waals surface area contributed by atoms with Gasteiger partial charge >= 0.3 is 6.18 Å². The highest BCUT2D eigenvalue weighted by Gasteiger charge is 2.30. The van der Waals surface area contributed by atoms with E-state index in [1.807, 2.05) is 30.3 Å². The van der Waals surface area contributed by atoms with Crippen molar-refractivity contribution in [2.75, 3.05) is 0 Å². The van der Waals surface area contributed by atoms with E-state index in [-0.39, 0.29) is 11.6 Å². The summed E-state index contributed by atoms with van der Waals surface area (Å²) < 4.78 is 37.9. The SMILES string of the molecule is C[C@H](NC(=O)c1cccc(C(F)(F)F)c1)c1ccccc1. The molecule has 21 heavy (non-hydrogen) atoms. The minimum absolute atomic E-state index is 0.00685. The molecule has 0 aliphatic rings. The molecule has 2 rings (SSSR count). The highest BCUT2D eigenvalue weighted by molar-refractivity contribution is 5.94. The van der Waals surface area contributed by atoms with E-state index in [4.69, 9.17) is 0 Å². The number of amides is 1. The van der Waals surface area contributed by atoms with Crippen molar-refractivity contribution in [3.63, 3.8) is 0 Å². The van der Waals surface area contributed by atoms with Crippen molar-refractivity contribution in [3.8, 4) is 0 Å². The highest BCUT2D eigenvalue weighted by Crippen LogP contribution is 2.29. The Morgan fingerprint density at radius 1 is 1.05 bits per heavy atom. The van der Waals surface area contributed by atoms with Gasteiger partial charge < -0.3 is 5.32 Å². The zero-order chi connectivity index (χ0) is 15.5. The third-order valence-corrected chi connectivity index (χ3v) is 3.10. The quantitative estimate of drug-likeness (QED) is 0.903. The minimum Gasteiger partial charge on any atom is -0.346 e. The molecule has 0 fully saturated rings. The molecule has 1 N–H and O–H groups in total. The van der Waals surface area contributed by atoms with E-state index in [9.17, 15) is 18.0 Å². The molecule has 1 atom stereocenters. The van der Waals surface area contributed by atoms with Gasteiger partial charge in [-0.1, -0.05) is 36.4 Å². The fraction of sp³-hybridized carbons (Fsp3) is 0.188. The van der Waals surface area contributed by atoms with Crippen LogP contribution in [0.4, 0.5) is 13.2 Å². The lowest BCUT2D eigenvalue weighted by molar-refractivity contribution is -0.137. The van der Waals surface area contributed by atoms with E-state index in [1.54, 1.807) is 6.92 Å². The van der Waals surface area contributed by atoms with Crippen LogP contribution in [0.15, 0.2) is 54.6 Å². The van der Waals surface area contributed by atoms with E-state index in [1.165, 1.54) is 12.1 Å². The molecule has 0 aromatic heterocycles. The Labute approximate surface area is 120 Å². The number of hydrogen-bond acceptors (Lipinski definition) is 1. The number of nitrogens with one attached hydrogen (secondary N) is 1. The molecule has 0 saturated carbocycles. The minimum atomic E-state index is -4.46. The molecule has 0 aliphatic carbocycles. The molecule has 0 bridgehead atoms. The largest absolute Gasteiger partial charge is 0.416 e. The second-order valence-electron chi connectivity index (χ2n) is 4.68. The number of halogens is 3. The summed E-state index contributed by atoms with van der Waals surface area (Å²) in [6.45, 7) is 1.78. The summed E-state index contributed by atoms with van der Waals surface area (Å²) in [7, 11) is 0. The third kappa shape index (κ3) is 3.84. The molecular weight excluding hydrogens is 279 g/mol. The summed E-state index contributed by atoms with van der Waals surface area (Å²) in [5.41, 5.74) is 0.0490. The van der Waals surface area contributed by atoms with Gasteiger partial charge in [0.05, 0.1) is 11.6 Å². The van der Waals surface area contributed by atoms with Gasteiger partial charge in [-0.15, -0.1) is 0 Å². The van der Waals surface area contributed by atoms with Gasteiger partial charge in [-0.25, -0.2) is 0 Å². The lowest BCUT2D eigenvalue weighted by atomic mass is 10.1. The van der Waals surface area contributed by atoms with Crippen molar-refractivity contribution in [3.05, 3.63) is 71.3 Å². The van der Waals surface area contributed by atoms with Crippen molar-refractivity contribution < 1.29 is 18.0 Å². The van der Waals surface area contributed by atoms with Crippen LogP contribution in [0.2, 0.25) is 0 Å². The zero-order valence-corrected chi connectivity index (χ0v) is 11.3. The maximum absolute atomic E-state index is 12.6. The van der Waals surface area contributed by atoms with Gasteiger partial charge in [0.25, 0.3) is 5.91 Å². The van der Waals surface area contributed by atoms with Crippen LogP contribution in [0, 0.1) is 0 Å². The number of alkyl halides is 3. The van der Waals surface area contributed by atoms with E-state index in [0.717, 1.165) is 17.7 Å². The molecule has 110 valence electrons. The molecule has 2 aromatic carbocycles. The Kier molecular flexibility index (Phi) is 4.31. The molecule has 0 radical (unpaired) electrons. The van der Waals surface area contributed by atoms with Gasteiger partial charge in [0.1, 0.15) is 0 Å². The Morgan fingerprint density at radius 3 is 2.33 bits per heavy atom. The first-order valence-electron chi connectivity index (χ1n) is 6.41. The fourth-order valence-corrected chi connectivity index (χ4v) is 1.94. The number of carbonyl (C=O) groups excluding carboxylic acids is 1. The summed E-state index contributed by atoms with van der Waals surface area (Å²) in [5, 5.41) is 2.68. The van der Waals surface area contributed by atoms with Crippen LogP contribution < -0.4 is 5.32 Å². The van der Waals surface area contributed by atoms with Gasteiger partial charge in [0.2, 0.25) is 0 Å². The van der Waals surface area contributed by atoms with Crippen molar-refractivity contribution >= 4 is 5.91 Å². The Bertz CT molecular complexity index is 623. The summed E-state index contributed by atoms with van der Waals surface area (Å²) in [5.74, 6) is -0.530. The Balaban J connectivity index is 2.14. The van der Waals surface area contributed by atoms with Gasteiger partial charge in [0, 0.05) is 5.56 Å². The average molecular weight is 293 g/mol. The summed E-state index contributed by atoms with van der Waals surface area (Å²) in [6, 6.07) is 13.3. The molecule has 0 aliphatic heterocycles. The number of hydrogen-bond donors (Lipinski definition) is 1. The number of rotatable bonds is 3. The lowest BCUT2D eigenvalue weighted by Gasteiger charge is -2.15. The van der Waals surface area contributed by atoms with Crippen LogP contribution in [-0.2, 0) is 6.18 Å². The molecule has 0 spiro atoms. The van der Waals surface area contributed by atoms with Crippen LogP contribution in [0.25, 0.3) is 0 Å². The van der Waals surface area contributed by atoms with Crippen LogP contribution in [0.5, 0.6) is 0 Å². The van der Waals surface area contributed by atoms with Gasteiger partial charge in [-0.2, -0.15) is 13.2 Å². The number of benzene rings is 2. The Hall–Kier alpha value is -2.30. The normalized spacial score (nSPS) is 12.8. The van der Waals surface area contributed by atoms with Gasteiger partial charge in [-0.05, 0) is 30.7 Å². The Morgan fingerprint density at radius 2 is 1.71 bits per heavy atom. The van der Waals surface area contributed by atoms with E-state index in [0.29, 0.717) is 0 Å². The highest BCUT2D eigenvalue weighted by atomic mass is 19.4. The topological polar surface area (TPSA) is 29.1 Å². The maximum Gasteiger partial charge on any atom is 0.416 e. The second kappa shape index (κ2) is 5.99. The average Bonchev–Trinajstić information content (AvgIpc) is 2.47. The fourth-order valence-electron chi connectivity index (χ4n) is 1.94. The predicted molar refractivity (Wildman–Crippen MR) is 73.8 cm³/mol. The number of carbonyl (C=O) groups is 1. The first-order chi connectivity index (χ1) is 9.88. The second-order valence-corrected chi connectivity index (χ2v) is 4.68. The van der Waals surface area contributed by atoms with Crippen molar-refractivity contribution in [2.45, 2.75) is 19.1 Å². The first kappa shape index (κ1) is 15.1. The van der Waals surface area contributed by atoms with Crippen LogP contribution in [0.1, 0.15) is 34.5 Å². The smallest absolute Gasteiger partial charge is 0.346 e. The van der Waals surface area contributed by atoms with E-state index >= 15 is 0 Å². The molecule has 2 nitrogen and oxygen atoms in total. The molecule has 0 saturated heterocycles. The zero-order valence-electron chi connectivity index (χ0n) is 11.3. The van der Waals surface area contributed by atoms with Crippen LogP contribution >= 0.6 is 0 Å². The van der Waals surface area contributed by atoms with Crippen molar-refractivity contribution in [1.29, 1.82) is 0 Å². The maximum atomic E-state index is 12.6. The first-order valence-corrected chi connectivity index (χ1v) is 6.41. The lowest BCUT2D eigenvalue weighted by Crippen LogP contribution is -2.26. The van der Waals surface area contributed by atoms with Crippen molar-refractivity contribution in [1.82, 2.24) is 5.32 Å².